The third-order valence-electron chi connectivity index (χ3n) is 5.09. The molecule has 1 saturated heterocycles. The van der Waals surface area contributed by atoms with E-state index in [-0.39, 0.29) is 5.69 Å². The molecule has 128 valence electrons. The number of aromatic carboxylic acids is 1. The van der Waals surface area contributed by atoms with Crippen LogP contribution in [0.1, 0.15) is 63.4 Å². The number of aryl methyl sites for hydroxylation is 2. The van der Waals surface area contributed by atoms with Gasteiger partial charge >= 0.3 is 5.97 Å². The van der Waals surface area contributed by atoms with Gasteiger partial charge in [0.2, 0.25) is 0 Å². The largest absolute Gasteiger partial charge is 0.476 e. The molecule has 0 spiro atoms. The van der Waals surface area contributed by atoms with Gasteiger partial charge in [-0.15, -0.1) is 11.3 Å². The van der Waals surface area contributed by atoms with Crippen molar-refractivity contribution in [3.63, 3.8) is 0 Å². The summed E-state index contributed by atoms with van der Waals surface area (Å²) in [4.78, 5) is 19.8. The molecule has 1 aliphatic heterocycles. The molecule has 0 saturated carbocycles. The number of piperidine rings is 1. The molecule has 7 heteroatoms. The molecule has 6 nitrogen and oxygen atoms in total. The smallest absolute Gasteiger partial charge is 0.356 e. The Morgan fingerprint density at radius 1 is 1.33 bits per heavy atom. The summed E-state index contributed by atoms with van der Waals surface area (Å²) in [6, 6.07) is 1.68. The minimum atomic E-state index is -0.970. The number of likely N-dealkylation sites (tertiary alicyclic amines) is 1. The lowest BCUT2D eigenvalue weighted by atomic mass is 9.93. The average Bonchev–Trinajstić information content (AvgIpc) is 3.22. The highest BCUT2D eigenvalue weighted by Crippen LogP contribution is 2.30. The van der Waals surface area contributed by atoms with Crippen molar-refractivity contribution in [3.05, 3.63) is 33.0 Å². The van der Waals surface area contributed by atoms with E-state index in [1.807, 2.05) is 11.3 Å². The van der Waals surface area contributed by atoms with Crippen molar-refractivity contribution in [2.75, 3.05) is 13.1 Å². The number of fused-ring (bicyclic) bond motifs is 1. The van der Waals surface area contributed by atoms with Crippen molar-refractivity contribution >= 4 is 17.3 Å². The van der Waals surface area contributed by atoms with Gasteiger partial charge in [0.25, 0.3) is 0 Å². The summed E-state index contributed by atoms with van der Waals surface area (Å²) in [7, 11) is 0. The number of hydrogen-bond acceptors (Lipinski definition) is 5. The molecule has 0 radical (unpaired) electrons. The number of carboxylic acid groups (broad SMARTS) is 1. The molecule has 4 rings (SSSR count). The molecule has 2 aliphatic rings. The highest BCUT2D eigenvalue weighted by Gasteiger charge is 2.24. The fraction of sp³-hybridized carbons (Fsp3) is 0.588. The Kier molecular flexibility index (Phi) is 4.37. The second-order valence-electron chi connectivity index (χ2n) is 6.75. The van der Waals surface area contributed by atoms with E-state index >= 15 is 0 Å². The molecule has 0 unspecified atom stereocenters. The lowest BCUT2D eigenvalue weighted by Gasteiger charge is -2.30. The summed E-state index contributed by atoms with van der Waals surface area (Å²) in [6.07, 6.45) is 7.02. The van der Waals surface area contributed by atoms with Crippen molar-refractivity contribution in [3.8, 4) is 0 Å². The van der Waals surface area contributed by atoms with Gasteiger partial charge in [0, 0.05) is 16.5 Å². The molecular formula is C17H22N4O2S. The molecular weight excluding hydrogens is 324 g/mol. The van der Waals surface area contributed by atoms with Crippen LogP contribution in [0.3, 0.4) is 0 Å². The maximum atomic E-state index is 10.9. The van der Waals surface area contributed by atoms with Crippen LogP contribution in [0.4, 0.5) is 0 Å². The Balaban J connectivity index is 1.34. The molecule has 2 aromatic heterocycles. The monoisotopic (exact) mass is 346 g/mol. The molecule has 0 bridgehead atoms. The lowest BCUT2D eigenvalue weighted by Crippen LogP contribution is -2.32. The summed E-state index contributed by atoms with van der Waals surface area (Å²) in [5, 5.41) is 17.0. The summed E-state index contributed by atoms with van der Waals surface area (Å²) >= 11 is 1.90. The van der Waals surface area contributed by atoms with Crippen LogP contribution in [-0.2, 0) is 19.4 Å². The van der Waals surface area contributed by atoms with E-state index in [1.165, 1.54) is 34.8 Å². The van der Waals surface area contributed by atoms with Gasteiger partial charge in [-0.1, -0.05) is 0 Å². The van der Waals surface area contributed by atoms with Crippen LogP contribution in [0.15, 0.2) is 6.07 Å². The first-order valence-electron chi connectivity index (χ1n) is 8.67. The zero-order valence-electron chi connectivity index (χ0n) is 13.6. The first-order chi connectivity index (χ1) is 11.7. The minimum absolute atomic E-state index is 0.112. The molecule has 1 aliphatic carbocycles. The molecule has 2 aromatic rings. The number of carbonyl (C=O) groups is 1. The molecule has 24 heavy (non-hydrogen) atoms. The van der Waals surface area contributed by atoms with E-state index in [9.17, 15) is 4.79 Å². The van der Waals surface area contributed by atoms with Crippen LogP contribution in [0.25, 0.3) is 0 Å². The van der Waals surface area contributed by atoms with Crippen LogP contribution in [-0.4, -0.2) is 44.2 Å². The molecule has 0 aromatic carbocycles. The molecule has 0 atom stereocenters. The summed E-state index contributed by atoms with van der Waals surface area (Å²) in [5.74, 6) is -0.589. The predicted molar refractivity (Wildman–Crippen MR) is 91.6 cm³/mol. The van der Waals surface area contributed by atoms with Gasteiger partial charge in [0.15, 0.2) is 5.69 Å². The fourth-order valence-corrected chi connectivity index (χ4v) is 4.92. The number of aromatic amines is 1. The SMILES string of the molecule is O=C(O)c1cc(C2CCN(Cc3nc4c(s3)CCCC4)CC2)[nH]n1. The summed E-state index contributed by atoms with van der Waals surface area (Å²) in [5.41, 5.74) is 2.41. The fourth-order valence-electron chi connectivity index (χ4n) is 3.72. The predicted octanol–water partition coefficient (Wildman–Crippen LogP) is 2.82. The maximum absolute atomic E-state index is 10.9. The number of carboxylic acids is 1. The second kappa shape index (κ2) is 6.64. The second-order valence-corrected chi connectivity index (χ2v) is 7.92. The summed E-state index contributed by atoms with van der Waals surface area (Å²) in [6.45, 7) is 3.00. The van der Waals surface area contributed by atoms with E-state index in [0.29, 0.717) is 5.92 Å². The first kappa shape index (κ1) is 15.8. The third-order valence-corrected chi connectivity index (χ3v) is 6.24. The number of thiazole rings is 1. The third kappa shape index (κ3) is 3.23. The summed E-state index contributed by atoms with van der Waals surface area (Å²) < 4.78 is 0. The van der Waals surface area contributed by atoms with Crippen LogP contribution in [0, 0.1) is 0 Å². The van der Waals surface area contributed by atoms with E-state index in [4.69, 9.17) is 10.1 Å². The van der Waals surface area contributed by atoms with Gasteiger partial charge in [0.1, 0.15) is 5.01 Å². The number of rotatable bonds is 4. The van der Waals surface area contributed by atoms with Gasteiger partial charge in [-0.2, -0.15) is 5.10 Å². The Morgan fingerprint density at radius 3 is 2.83 bits per heavy atom. The maximum Gasteiger partial charge on any atom is 0.356 e. The van der Waals surface area contributed by atoms with E-state index < -0.39 is 5.97 Å². The van der Waals surface area contributed by atoms with Crippen LogP contribution in [0.2, 0.25) is 0 Å². The topological polar surface area (TPSA) is 82.1 Å². The first-order valence-corrected chi connectivity index (χ1v) is 9.49. The van der Waals surface area contributed by atoms with Gasteiger partial charge in [-0.25, -0.2) is 9.78 Å². The molecule has 3 heterocycles. The molecule has 0 amide bonds. The number of H-pyrrole nitrogens is 1. The normalized spacial score (nSPS) is 19.3. The number of nitrogens with zero attached hydrogens (tertiary/aromatic N) is 3. The molecule has 1 fully saturated rings. The van der Waals surface area contributed by atoms with Gasteiger partial charge in [0.05, 0.1) is 12.2 Å². The minimum Gasteiger partial charge on any atom is -0.476 e. The van der Waals surface area contributed by atoms with Gasteiger partial charge in [-0.3, -0.25) is 10.00 Å². The zero-order chi connectivity index (χ0) is 16.5. The Labute approximate surface area is 144 Å². The van der Waals surface area contributed by atoms with E-state index in [0.717, 1.165) is 44.6 Å². The Hall–Kier alpha value is -1.73. The Bertz CT molecular complexity index is 707. The van der Waals surface area contributed by atoms with E-state index in [2.05, 4.69) is 15.1 Å². The van der Waals surface area contributed by atoms with Crippen molar-refractivity contribution in [2.24, 2.45) is 0 Å². The number of aromatic nitrogens is 3. The lowest BCUT2D eigenvalue weighted by molar-refractivity contribution is 0.0690. The average molecular weight is 346 g/mol. The van der Waals surface area contributed by atoms with Gasteiger partial charge < -0.3 is 5.11 Å². The quantitative estimate of drug-likeness (QED) is 0.889. The van der Waals surface area contributed by atoms with Crippen molar-refractivity contribution in [1.82, 2.24) is 20.1 Å². The van der Waals surface area contributed by atoms with E-state index in [1.54, 1.807) is 6.07 Å². The standard InChI is InChI=1S/C17H22N4O2S/c22-17(23)14-9-13(19-20-14)11-5-7-21(8-6-11)10-16-18-12-3-1-2-4-15(12)24-16/h9,11H,1-8,10H2,(H,19,20)(H,22,23). The molecule has 2 N–H and O–H groups in total. The Morgan fingerprint density at radius 2 is 2.12 bits per heavy atom. The van der Waals surface area contributed by atoms with Crippen molar-refractivity contribution < 1.29 is 9.90 Å². The van der Waals surface area contributed by atoms with Gasteiger partial charge in [-0.05, 0) is 57.7 Å². The van der Waals surface area contributed by atoms with Crippen LogP contribution < -0.4 is 0 Å². The number of nitrogens with one attached hydrogen (secondary N) is 1. The van der Waals surface area contributed by atoms with Crippen molar-refractivity contribution in [2.45, 2.75) is 51.0 Å². The number of hydrogen-bond donors (Lipinski definition) is 2. The highest BCUT2D eigenvalue weighted by atomic mass is 32.1. The van der Waals surface area contributed by atoms with Crippen molar-refractivity contribution in [1.29, 1.82) is 0 Å². The van der Waals surface area contributed by atoms with Crippen LogP contribution >= 0.6 is 11.3 Å². The van der Waals surface area contributed by atoms with Crippen LogP contribution in [0.5, 0.6) is 0 Å². The zero-order valence-corrected chi connectivity index (χ0v) is 14.4. The highest BCUT2D eigenvalue weighted by molar-refractivity contribution is 7.11.